The number of nitrogens with zero attached hydrogens (tertiary/aromatic N) is 2. The van der Waals surface area contributed by atoms with Gasteiger partial charge in [-0.05, 0) is 36.2 Å². The summed E-state index contributed by atoms with van der Waals surface area (Å²) in [4.78, 5) is 18.7. The number of benzene rings is 2. The Bertz CT molecular complexity index is 1180. The van der Waals surface area contributed by atoms with Crippen LogP contribution >= 0.6 is 11.8 Å². The molecule has 1 amide bonds. The number of ether oxygens (including phenoxy) is 2. The van der Waals surface area contributed by atoms with Crippen LogP contribution in [-0.2, 0) is 30.2 Å². The second-order valence-electron chi connectivity index (χ2n) is 8.42. The summed E-state index contributed by atoms with van der Waals surface area (Å²) in [5.74, 6) is 0.0962. The first kappa shape index (κ1) is 27.1. The molecule has 0 saturated carbocycles. The highest BCUT2D eigenvalue weighted by Crippen LogP contribution is 2.38. The molecule has 2 aliphatic rings. The number of carbonyl (C=O) groups excluding carboxylic acids is 1. The molecule has 6 nitrogen and oxygen atoms in total. The molecule has 0 spiro atoms. The van der Waals surface area contributed by atoms with Gasteiger partial charge < -0.3 is 19.7 Å². The summed E-state index contributed by atoms with van der Waals surface area (Å²) < 4.78 is 89.8. The van der Waals surface area contributed by atoms with Crippen LogP contribution in [0.1, 0.15) is 22.3 Å². The summed E-state index contributed by atoms with van der Waals surface area (Å²) in [6.45, 7) is 2.53. The van der Waals surface area contributed by atoms with Gasteiger partial charge in [0.15, 0.2) is 16.7 Å². The van der Waals surface area contributed by atoms with Crippen molar-refractivity contribution in [2.45, 2.75) is 30.6 Å². The van der Waals surface area contributed by atoms with Crippen LogP contribution in [-0.4, -0.2) is 54.5 Å². The highest BCUT2D eigenvalue weighted by molar-refractivity contribution is 8.15. The van der Waals surface area contributed by atoms with E-state index in [2.05, 4.69) is 15.2 Å². The van der Waals surface area contributed by atoms with Crippen LogP contribution in [0.25, 0.3) is 0 Å². The predicted octanol–water partition coefficient (Wildman–Crippen LogP) is 4.76. The highest BCUT2D eigenvalue weighted by atomic mass is 32.2. The molecule has 2 aliphatic heterocycles. The van der Waals surface area contributed by atoms with E-state index in [0.717, 1.165) is 37.8 Å². The average molecular weight is 548 g/mol. The number of hydrogen-bond donors (Lipinski definition) is 1. The molecule has 1 fully saturated rings. The number of alkyl halides is 6. The Labute approximate surface area is 213 Å². The standard InChI is InChI=1S/C24H23F6N3O3S/c1-35-19-10-14(11-20-21(34)32-22(37-20)33-8-6-31-7-9-33)2-5-18(19)36-13-15-3-4-16(23(25,26)27)12-17(15)24(28,29)30/h2-5,10,12,20,31H,6-9,11,13H2,1H3. The quantitative estimate of drug-likeness (QED) is 0.527. The first-order valence-corrected chi connectivity index (χ1v) is 12.2. The third-order valence-electron chi connectivity index (χ3n) is 5.89. The van der Waals surface area contributed by atoms with E-state index in [1.807, 2.05) is 0 Å². The fourth-order valence-electron chi connectivity index (χ4n) is 3.97. The molecule has 0 bridgehead atoms. The number of piperazine rings is 1. The molecule has 13 heteroatoms. The molecule has 1 atom stereocenters. The van der Waals surface area contributed by atoms with Gasteiger partial charge in [0.25, 0.3) is 5.91 Å². The van der Waals surface area contributed by atoms with Gasteiger partial charge in [-0.2, -0.15) is 31.3 Å². The maximum Gasteiger partial charge on any atom is 0.416 e. The topological polar surface area (TPSA) is 63.2 Å². The van der Waals surface area contributed by atoms with Gasteiger partial charge in [0.2, 0.25) is 0 Å². The van der Waals surface area contributed by atoms with Crippen LogP contribution in [0.5, 0.6) is 11.5 Å². The molecule has 2 aromatic carbocycles. The Morgan fingerprint density at radius 3 is 2.41 bits per heavy atom. The molecule has 0 radical (unpaired) electrons. The van der Waals surface area contributed by atoms with Crippen molar-refractivity contribution in [3.8, 4) is 11.5 Å². The van der Waals surface area contributed by atoms with Crippen molar-refractivity contribution in [1.29, 1.82) is 0 Å². The summed E-state index contributed by atoms with van der Waals surface area (Å²) in [5.41, 5.74) is -2.53. The van der Waals surface area contributed by atoms with Gasteiger partial charge in [0, 0.05) is 31.7 Å². The van der Waals surface area contributed by atoms with Gasteiger partial charge in [-0.1, -0.05) is 23.9 Å². The van der Waals surface area contributed by atoms with E-state index in [4.69, 9.17) is 9.47 Å². The molecule has 0 aromatic heterocycles. The Hall–Kier alpha value is -2.93. The van der Waals surface area contributed by atoms with Crippen LogP contribution in [0.15, 0.2) is 41.4 Å². The second kappa shape index (κ2) is 10.8. The number of thioether (sulfide) groups is 1. The van der Waals surface area contributed by atoms with E-state index in [0.29, 0.717) is 17.7 Å². The molecule has 2 heterocycles. The van der Waals surface area contributed by atoms with E-state index in [1.165, 1.54) is 24.9 Å². The van der Waals surface area contributed by atoms with Gasteiger partial charge in [-0.15, -0.1) is 0 Å². The number of carbonyl (C=O) groups is 1. The summed E-state index contributed by atoms with van der Waals surface area (Å²) >= 11 is 1.39. The van der Waals surface area contributed by atoms with Gasteiger partial charge in [0.1, 0.15) is 6.61 Å². The zero-order chi connectivity index (χ0) is 26.8. The smallest absolute Gasteiger partial charge is 0.416 e. The van der Waals surface area contributed by atoms with Gasteiger partial charge in [-0.3, -0.25) is 4.79 Å². The SMILES string of the molecule is COc1cc(CC2SC(N3CCNCC3)=NC2=O)ccc1OCc1ccc(C(F)(F)F)cc1C(F)(F)F. The molecule has 1 unspecified atom stereocenters. The summed E-state index contributed by atoms with van der Waals surface area (Å²) in [6.07, 6.45) is -9.55. The Balaban J connectivity index is 1.45. The number of hydrogen-bond acceptors (Lipinski definition) is 6. The molecule has 2 aromatic rings. The Morgan fingerprint density at radius 2 is 1.76 bits per heavy atom. The third kappa shape index (κ3) is 6.50. The van der Waals surface area contributed by atoms with Gasteiger partial charge in [0.05, 0.1) is 23.5 Å². The number of rotatable bonds is 6. The van der Waals surface area contributed by atoms with Crippen LogP contribution in [0, 0.1) is 0 Å². The van der Waals surface area contributed by atoms with Crippen molar-refractivity contribution in [2.75, 3.05) is 33.3 Å². The minimum atomic E-state index is -5.00. The number of aliphatic imine (C=N–C) groups is 1. The van der Waals surface area contributed by atoms with Crippen molar-refractivity contribution in [2.24, 2.45) is 4.99 Å². The molecular weight excluding hydrogens is 524 g/mol. The van der Waals surface area contributed by atoms with Crippen molar-refractivity contribution < 1.29 is 40.6 Å². The van der Waals surface area contributed by atoms with Gasteiger partial charge in [-0.25, -0.2) is 0 Å². The lowest BCUT2D eigenvalue weighted by molar-refractivity contribution is -0.143. The summed E-state index contributed by atoms with van der Waals surface area (Å²) in [5, 5.41) is 3.52. The molecular formula is C24H23F6N3O3S. The maximum atomic E-state index is 13.4. The van der Waals surface area contributed by atoms with Crippen molar-refractivity contribution >= 4 is 22.8 Å². The molecule has 1 N–H and O–H groups in total. The zero-order valence-corrected chi connectivity index (χ0v) is 20.4. The number of nitrogens with one attached hydrogen (secondary N) is 1. The average Bonchev–Trinajstić information content (AvgIpc) is 3.22. The van der Waals surface area contributed by atoms with E-state index in [-0.39, 0.29) is 23.5 Å². The fourth-order valence-corrected chi connectivity index (χ4v) is 5.13. The lowest BCUT2D eigenvalue weighted by Crippen LogP contribution is -2.45. The first-order valence-electron chi connectivity index (χ1n) is 11.3. The van der Waals surface area contributed by atoms with E-state index in [9.17, 15) is 31.1 Å². The fraction of sp³-hybridized carbons (Fsp3) is 0.417. The molecule has 4 rings (SSSR count). The number of methoxy groups -OCH3 is 1. The molecule has 200 valence electrons. The molecule has 0 aliphatic carbocycles. The number of halogens is 6. The summed E-state index contributed by atoms with van der Waals surface area (Å²) in [7, 11) is 1.35. The van der Waals surface area contributed by atoms with Crippen molar-refractivity contribution in [1.82, 2.24) is 10.2 Å². The second-order valence-corrected chi connectivity index (χ2v) is 9.59. The van der Waals surface area contributed by atoms with Crippen molar-refractivity contribution in [3.05, 3.63) is 58.7 Å². The third-order valence-corrected chi connectivity index (χ3v) is 7.10. The van der Waals surface area contributed by atoms with Crippen LogP contribution in [0.4, 0.5) is 26.3 Å². The predicted molar refractivity (Wildman–Crippen MR) is 126 cm³/mol. The largest absolute Gasteiger partial charge is 0.493 e. The molecule has 37 heavy (non-hydrogen) atoms. The van der Waals surface area contributed by atoms with E-state index in [1.54, 1.807) is 12.1 Å². The number of amides is 1. The van der Waals surface area contributed by atoms with Crippen LogP contribution in [0.3, 0.4) is 0 Å². The van der Waals surface area contributed by atoms with Gasteiger partial charge >= 0.3 is 12.4 Å². The zero-order valence-electron chi connectivity index (χ0n) is 19.6. The lowest BCUT2D eigenvalue weighted by Gasteiger charge is -2.28. The monoisotopic (exact) mass is 547 g/mol. The highest BCUT2D eigenvalue weighted by Gasteiger charge is 2.38. The normalized spacial score (nSPS) is 18.7. The number of amidine groups is 1. The lowest BCUT2D eigenvalue weighted by atomic mass is 10.0. The first-order chi connectivity index (χ1) is 17.5. The van der Waals surface area contributed by atoms with Crippen molar-refractivity contribution in [3.63, 3.8) is 0 Å². The van der Waals surface area contributed by atoms with E-state index >= 15 is 0 Å². The maximum absolute atomic E-state index is 13.4. The van der Waals surface area contributed by atoms with E-state index < -0.39 is 40.9 Å². The molecule has 1 saturated heterocycles. The summed E-state index contributed by atoms with van der Waals surface area (Å²) in [6, 6.07) is 6.18. The Morgan fingerprint density at radius 1 is 1.03 bits per heavy atom. The minimum Gasteiger partial charge on any atom is -0.493 e. The minimum absolute atomic E-state index is 0.0754. The Kier molecular flexibility index (Phi) is 7.93. The van der Waals surface area contributed by atoms with Crippen LogP contribution < -0.4 is 14.8 Å². The van der Waals surface area contributed by atoms with Crippen LogP contribution in [0.2, 0.25) is 0 Å².